The molecule has 1 N–H and O–H groups in total. The lowest BCUT2D eigenvalue weighted by Crippen LogP contribution is -2.46. The molecule has 3 aromatic rings. The Bertz CT molecular complexity index is 1500. The SMILES string of the molecule is COc1ccc2nc(NC(=O)c3ccnc(C)c3)n(C3CCCCN(C4CCCCN(C(=O)/C=C/CN(C)C)C4)C3)c2c1Cl. The van der Waals surface area contributed by atoms with Crippen molar-refractivity contribution in [3.8, 4) is 5.75 Å². The van der Waals surface area contributed by atoms with E-state index in [9.17, 15) is 9.59 Å². The van der Waals surface area contributed by atoms with Crippen LogP contribution in [-0.2, 0) is 4.79 Å². The molecule has 2 saturated heterocycles. The van der Waals surface area contributed by atoms with E-state index in [0.717, 1.165) is 75.9 Å². The van der Waals surface area contributed by atoms with Gasteiger partial charge in [0.2, 0.25) is 11.9 Å². The molecule has 236 valence electrons. The van der Waals surface area contributed by atoms with Gasteiger partial charge in [0.15, 0.2) is 0 Å². The number of likely N-dealkylation sites (N-methyl/N-ethyl adjacent to an activating group) is 1. The van der Waals surface area contributed by atoms with Gasteiger partial charge in [-0.05, 0) is 77.5 Å². The Morgan fingerprint density at radius 3 is 2.61 bits per heavy atom. The van der Waals surface area contributed by atoms with Crippen molar-refractivity contribution in [3.63, 3.8) is 0 Å². The quantitative estimate of drug-likeness (QED) is 0.346. The first-order valence-corrected chi connectivity index (χ1v) is 16.0. The average molecular weight is 622 g/mol. The third-order valence-electron chi connectivity index (χ3n) is 8.61. The first-order valence-electron chi connectivity index (χ1n) is 15.6. The lowest BCUT2D eigenvalue weighted by atomic mass is 10.1. The zero-order valence-corrected chi connectivity index (χ0v) is 27.0. The molecular formula is C33H44ClN7O3. The molecule has 2 aromatic heterocycles. The first-order chi connectivity index (χ1) is 21.2. The molecule has 11 heteroatoms. The number of likely N-dealkylation sites (tertiary alicyclic amines) is 2. The highest BCUT2D eigenvalue weighted by molar-refractivity contribution is 6.36. The molecule has 2 aliphatic rings. The molecule has 1 aromatic carbocycles. The zero-order chi connectivity index (χ0) is 31.2. The van der Waals surface area contributed by atoms with E-state index < -0.39 is 0 Å². The minimum Gasteiger partial charge on any atom is -0.495 e. The lowest BCUT2D eigenvalue weighted by molar-refractivity contribution is -0.126. The van der Waals surface area contributed by atoms with E-state index >= 15 is 0 Å². The van der Waals surface area contributed by atoms with E-state index in [1.807, 2.05) is 49.0 Å². The van der Waals surface area contributed by atoms with Crippen LogP contribution < -0.4 is 10.1 Å². The van der Waals surface area contributed by atoms with Crippen LogP contribution in [0.1, 0.15) is 60.6 Å². The molecule has 2 atom stereocenters. The molecule has 5 rings (SSSR count). The number of halogens is 1. The van der Waals surface area contributed by atoms with Gasteiger partial charge >= 0.3 is 0 Å². The summed E-state index contributed by atoms with van der Waals surface area (Å²) in [5, 5.41) is 3.56. The van der Waals surface area contributed by atoms with E-state index in [0.29, 0.717) is 34.3 Å². The van der Waals surface area contributed by atoms with Gasteiger partial charge in [-0.2, -0.15) is 0 Å². The van der Waals surface area contributed by atoms with E-state index in [1.165, 1.54) is 0 Å². The Labute approximate surface area is 265 Å². The maximum atomic E-state index is 13.4. The number of fused-ring (bicyclic) bond motifs is 1. The maximum absolute atomic E-state index is 13.4. The predicted octanol–water partition coefficient (Wildman–Crippen LogP) is 5.18. The summed E-state index contributed by atoms with van der Waals surface area (Å²) in [6.45, 7) is 5.82. The fraction of sp³-hybridized carbons (Fsp3) is 0.515. The fourth-order valence-electron chi connectivity index (χ4n) is 6.37. The van der Waals surface area contributed by atoms with Gasteiger partial charge in [-0.3, -0.25) is 24.8 Å². The predicted molar refractivity (Wildman–Crippen MR) is 175 cm³/mol. The number of aryl methyl sites for hydroxylation is 1. The Morgan fingerprint density at radius 2 is 1.86 bits per heavy atom. The molecule has 2 unspecified atom stereocenters. The molecule has 2 fully saturated rings. The molecule has 44 heavy (non-hydrogen) atoms. The normalized spacial score (nSPS) is 20.2. The number of methoxy groups -OCH3 is 1. The van der Waals surface area contributed by atoms with Crippen molar-refractivity contribution in [2.45, 2.75) is 57.5 Å². The van der Waals surface area contributed by atoms with Gasteiger partial charge in [-0.1, -0.05) is 30.5 Å². The summed E-state index contributed by atoms with van der Waals surface area (Å²) in [7, 11) is 5.59. The molecule has 0 spiro atoms. The van der Waals surface area contributed by atoms with E-state index in [4.69, 9.17) is 21.3 Å². The number of anilines is 1. The van der Waals surface area contributed by atoms with E-state index in [2.05, 4.69) is 19.8 Å². The number of amides is 2. The van der Waals surface area contributed by atoms with Crippen LogP contribution in [0.4, 0.5) is 5.95 Å². The van der Waals surface area contributed by atoms with Gasteiger partial charge in [0, 0.05) is 61.8 Å². The second-order valence-electron chi connectivity index (χ2n) is 12.1. The summed E-state index contributed by atoms with van der Waals surface area (Å²) in [5.74, 6) is 0.862. The summed E-state index contributed by atoms with van der Waals surface area (Å²) in [6, 6.07) is 7.42. The largest absolute Gasteiger partial charge is 0.495 e. The van der Waals surface area contributed by atoms with Crippen molar-refractivity contribution in [3.05, 3.63) is 58.9 Å². The zero-order valence-electron chi connectivity index (χ0n) is 26.3. The molecule has 0 radical (unpaired) electrons. The number of imidazole rings is 1. The van der Waals surface area contributed by atoms with Gasteiger partial charge in [-0.15, -0.1) is 0 Å². The Balaban J connectivity index is 1.45. The van der Waals surface area contributed by atoms with Crippen molar-refractivity contribution in [1.82, 2.24) is 29.2 Å². The van der Waals surface area contributed by atoms with Crippen LogP contribution in [0, 0.1) is 6.92 Å². The highest BCUT2D eigenvalue weighted by atomic mass is 35.5. The third-order valence-corrected chi connectivity index (χ3v) is 8.97. The molecule has 2 amide bonds. The number of nitrogens with zero attached hydrogens (tertiary/aromatic N) is 6. The van der Waals surface area contributed by atoms with E-state index in [-0.39, 0.29) is 23.9 Å². The van der Waals surface area contributed by atoms with Crippen molar-refractivity contribution in [1.29, 1.82) is 0 Å². The van der Waals surface area contributed by atoms with Gasteiger partial charge in [0.1, 0.15) is 10.8 Å². The fourth-order valence-corrected chi connectivity index (χ4v) is 6.70. The van der Waals surface area contributed by atoms with Crippen LogP contribution in [0.3, 0.4) is 0 Å². The second kappa shape index (κ2) is 14.5. The minimum absolute atomic E-state index is 0.00831. The number of rotatable bonds is 8. The number of hydrogen-bond donors (Lipinski definition) is 1. The molecule has 4 heterocycles. The van der Waals surface area contributed by atoms with Crippen molar-refractivity contribution >= 4 is 40.4 Å². The Hall–Kier alpha value is -3.47. The standard InChI is InChI=1S/C33H44ClN7O3/c1-23-20-24(15-16-35-23)32(43)37-33-36-27-13-14-28(44-4)30(34)31(27)41(33)26-11-6-7-18-39(22-26)25-10-5-8-19-40(21-25)29(42)12-9-17-38(2)3/h9,12-16,20,25-26H,5-8,10-11,17-19,21-22H2,1-4H3,(H,36,37,43)/b12-9+. The first kappa shape index (κ1) is 31.9. The summed E-state index contributed by atoms with van der Waals surface area (Å²) in [6.07, 6.45) is 11.4. The van der Waals surface area contributed by atoms with Crippen LogP contribution in [0.5, 0.6) is 5.75 Å². The van der Waals surface area contributed by atoms with Crippen LogP contribution in [0.15, 0.2) is 42.6 Å². The Kier molecular flexibility index (Phi) is 10.6. The van der Waals surface area contributed by atoms with Crippen LogP contribution >= 0.6 is 11.6 Å². The van der Waals surface area contributed by atoms with Gasteiger partial charge in [0.25, 0.3) is 5.91 Å². The van der Waals surface area contributed by atoms with E-state index in [1.54, 1.807) is 31.5 Å². The molecule has 10 nitrogen and oxygen atoms in total. The highest BCUT2D eigenvalue weighted by Gasteiger charge is 2.32. The van der Waals surface area contributed by atoms with Crippen LogP contribution in [0.2, 0.25) is 5.02 Å². The van der Waals surface area contributed by atoms with Crippen LogP contribution in [-0.4, -0.2) is 101 Å². The summed E-state index contributed by atoms with van der Waals surface area (Å²) >= 11 is 6.94. The molecule has 0 bridgehead atoms. The van der Waals surface area contributed by atoms with Gasteiger partial charge < -0.3 is 19.1 Å². The smallest absolute Gasteiger partial charge is 0.258 e. The molecular weight excluding hydrogens is 578 g/mol. The summed E-state index contributed by atoms with van der Waals surface area (Å²) in [4.78, 5) is 42.2. The molecule has 0 saturated carbocycles. The molecule has 0 aliphatic carbocycles. The Morgan fingerprint density at radius 1 is 1.09 bits per heavy atom. The monoisotopic (exact) mass is 621 g/mol. The van der Waals surface area contributed by atoms with Crippen LogP contribution in [0.25, 0.3) is 11.0 Å². The lowest BCUT2D eigenvalue weighted by Gasteiger charge is -2.35. The number of aromatic nitrogens is 3. The number of pyridine rings is 1. The number of carbonyl (C=O) groups excluding carboxylic acids is 2. The molecule has 2 aliphatic heterocycles. The van der Waals surface area contributed by atoms with Crippen molar-refractivity contribution < 1.29 is 14.3 Å². The van der Waals surface area contributed by atoms with Gasteiger partial charge in [-0.25, -0.2) is 4.98 Å². The number of hydrogen-bond acceptors (Lipinski definition) is 7. The summed E-state index contributed by atoms with van der Waals surface area (Å²) in [5.41, 5.74) is 2.74. The highest BCUT2D eigenvalue weighted by Crippen LogP contribution is 2.38. The summed E-state index contributed by atoms with van der Waals surface area (Å²) < 4.78 is 7.68. The number of benzene rings is 1. The van der Waals surface area contributed by atoms with Gasteiger partial charge in [0.05, 0.1) is 18.1 Å². The van der Waals surface area contributed by atoms with Crippen molar-refractivity contribution in [2.24, 2.45) is 0 Å². The number of nitrogens with one attached hydrogen (secondary N) is 1. The second-order valence-corrected chi connectivity index (χ2v) is 12.5. The average Bonchev–Trinajstić information content (AvgIpc) is 3.16. The number of carbonyl (C=O) groups is 2. The topological polar surface area (TPSA) is 95.8 Å². The third kappa shape index (κ3) is 7.42. The van der Waals surface area contributed by atoms with Crippen molar-refractivity contribution in [2.75, 3.05) is 59.2 Å². The maximum Gasteiger partial charge on any atom is 0.258 e. The number of ether oxygens (including phenoxy) is 1. The minimum atomic E-state index is -0.249.